The highest BCUT2D eigenvalue weighted by Gasteiger charge is 2.51. The molecule has 164 valence electrons. The van der Waals surface area contributed by atoms with Gasteiger partial charge in [-0.3, -0.25) is 4.79 Å². The summed E-state index contributed by atoms with van der Waals surface area (Å²) in [6.45, 7) is 5.55. The Morgan fingerprint density at radius 1 is 1.03 bits per heavy atom. The summed E-state index contributed by atoms with van der Waals surface area (Å²) in [7, 11) is 2.25. The lowest BCUT2D eigenvalue weighted by Crippen LogP contribution is -2.62. The van der Waals surface area contributed by atoms with Crippen molar-refractivity contribution in [2.24, 2.45) is 0 Å². The molecule has 0 aliphatic carbocycles. The molecular weight excluding hydrogens is 380 g/mol. The summed E-state index contributed by atoms with van der Waals surface area (Å²) in [4.78, 5) is 36.8. The molecule has 0 bridgehead atoms. The molecule has 0 saturated heterocycles. The zero-order valence-corrected chi connectivity index (χ0v) is 18.0. The number of unbranched alkanes of at least 4 members (excludes halogenated alkanes) is 4. The van der Waals surface area contributed by atoms with Gasteiger partial charge in [0, 0.05) is 6.92 Å². The van der Waals surface area contributed by atoms with E-state index in [1.54, 1.807) is 0 Å². The van der Waals surface area contributed by atoms with Crippen LogP contribution >= 0.6 is 0 Å². The molecule has 1 amide bonds. The molecule has 0 aliphatic rings. The average Bonchev–Trinajstić information content (AvgIpc) is 3.07. The predicted molar refractivity (Wildman–Crippen MR) is 104 cm³/mol. The number of amides is 1. The molecule has 1 heterocycles. The van der Waals surface area contributed by atoms with Gasteiger partial charge in [-0.1, -0.05) is 32.6 Å². The van der Waals surface area contributed by atoms with Crippen LogP contribution in [0.1, 0.15) is 64.2 Å². The Hall–Kier alpha value is -2.58. The Kier molecular flexibility index (Phi) is 10.2. The van der Waals surface area contributed by atoms with Crippen LogP contribution in [0.3, 0.4) is 0 Å². The first-order valence-electron chi connectivity index (χ1n) is 9.92. The Morgan fingerprint density at radius 3 is 2.17 bits per heavy atom. The number of carbonyl (C=O) groups is 3. The molecular formula is C20H32N2O7. The first-order chi connectivity index (χ1) is 13.9. The van der Waals surface area contributed by atoms with Gasteiger partial charge in [-0.25, -0.2) is 9.59 Å². The molecule has 0 fully saturated rings. The van der Waals surface area contributed by atoms with Crippen LogP contribution in [0.2, 0.25) is 0 Å². The second kappa shape index (κ2) is 12.1. The number of nitrogens with one attached hydrogen (secondary N) is 1. The number of rotatable bonds is 13. The zero-order valence-electron chi connectivity index (χ0n) is 18.0. The van der Waals surface area contributed by atoms with Crippen LogP contribution in [0.5, 0.6) is 5.88 Å². The van der Waals surface area contributed by atoms with Crippen LogP contribution in [0, 0.1) is 0 Å². The van der Waals surface area contributed by atoms with Gasteiger partial charge < -0.3 is 24.1 Å². The largest absolute Gasteiger partial charge is 0.476 e. The van der Waals surface area contributed by atoms with Gasteiger partial charge in [0.2, 0.25) is 11.4 Å². The lowest BCUT2D eigenvalue weighted by molar-refractivity contribution is -0.165. The summed E-state index contributed by atoms with van der Waals surface area (Å²) in [5.74, 6) is -1.91. The maximum Gasteiger partial charge on any atom is 0.343 e. The third-order valence-electron chi connectivity index (χ3n) is 4.53. The van der Waals surface area contributed by atoms with Gasteiger partial charge >= 0.3 is 11.9 Å². The van der Waals surface area contributed by atoms with Crippen LogP contribution in [0.4, 0.5) is 0 Å². The van der Waals surface area contributed by atoms with E-state index in [2.05, 4.69) is 17.4 Å². The van der Waals surface area contributed by atoms with E-state index in [0.29, 0.717) is 24.5 Å². The molecule has 1 aromatic heterocycles. The second-order valence-corrected chi connectivity index (χ2v) is 6.73. The van der Waals surface area contributed by atoms with E-state index in [9.17, 15) is 14.4 Å². The number of methoxy groups -OCH3 is 2. The summed E-state index contributed by atoms with van der Waals surface area (Å²) >= 11 is 0. The summed E-state index contributed by atoms with van der Waals surface area (Å²) < 4.78 is 20.5. The minimum Gasteiger partial charge on any atom is -0.476 e. The number of hydrogen-bond donors (Lipinski definition) is 1. The highest BCUT2D eigenvalue weighted by atomic mass is 16.6. The van der Waals surface area contributed by atoms with Gasteiger partial charge in [0.25, 0.3) is 5.88 Å². The van der Waals surface area contributed by atoms with Crippen molar-refractivity contribution in [1.29, 1.82) is 0 Å². The van der Waals surface area contributed by atoms with E-state index in [1.807, 2.05) is 6.92 Å². The Bertz CT molecular complexity index is 668. The lowest BCUT2D eigenvalue weighted by atomic mass is 9.91. The quantitative estimate of drug-likeness (QED) is 0.298. The maximum absolute atomic E-state index is 12.5. The minimum absolute atomic E-state index is 0.272. The highest BCUT2D eigenvalue weighted by molar-refractivity contribution is 6.07. The van der Waals surface area contributed by atoms with Crippen LogP contribution in [0.25, 0.3) is 0 Å². The van der Waals surface area contributed by atoms with E-state index in [1.165, 1.54) is 6.92 Å². The monoisotopic (exact) mass is 412 g/mol. The smallest absolute Gasteiger partial charge is 0.343 e. The van der Waals surface area contributed by atoms with Crippen molar-refractivity contribution in [3.63, 3.8) is 0 Å². The lowest BCUT2D eigenvalue weighted by Gasteiger charge is -2.28. The third-order valence-corrected chi connectivity index (χ3v) is 4.53. The van der Waals surface area contributed by atoms with Gasteiger partial charge in [-0.05, 0) is 24.9 Å². The molecule has 0 radical (unpaired) electrons. The van der Waals surface area contributed by atoms with Crippen molar-refractivity contribution in [3.05, 3.63) is 11.3 Å². The number of carbonyl (C=O) groups excluding carboxylic acids is 3. The van der Waals surface area contributed by atoms with E-state index in [0.717, 1.165) is 46.3 Å². The van der Waals surface area contributed by atoms with Gasteiger partial charge in [-0.15, -0.1) is 0 Å². The molecule has 0 spiro atoms. The summed E-state index contributed by atoms with van der Waals surface area (Å²) in [5.41, 5.74) is -1.40. The van der Waals surface area contributed by atoms with Crippen molar-refractivity contribution in [2.75, 3.05) is 20.8 Å². The van der Waals surface area contributed by atoms with E-state index >= 15 is 0 Å². The maximum atomic E-state index is 12.5. The number of ether oxygens (including phenoxy) is 3. The van der Waals surface area contributed by atoms with Crippen molar-refractivity contribution in [3.8, 4) is 5.88 Å². The molecule has 1 aromatic rings. The van der Waals surface area contributed by atoms with Gasteiger partial charge in [0.1, 0.15) is 5.76 Å². The van der Waals surface area contributed by atoms with Crippen LogP contribution in [-0.2, 0) is 36.7 Å². The Balaban J connectivity index is 3.24. The van der Waals surface area contributed by atoms with E-state index in [-0.39, 0.29) is 12.2 Å². The molecule has 9 nitrogen and oxygen atoms in total. The molecule has 0 saturated carbocycles. The average molecular weight is 412 g/mol. The molecule has 0 aliphatic heterocycles. The van der Waals surface area contributed by atoms with E-state index in [4.69, 9.17) is 18.7 Å². The van der Waals surface area contributed by atoms with Crippen molar-refractivity contribution < 1.29 is 33.1 Å². The van der Waals surface area contributed by atoms with Crippen molar-refractivity contribution >= 4 is 17.8 Å². The van der Waals surface area contributed by atoms with Crippen molar-refractivity contribution in [1.82, 2.24) is 10.5 Å². The Morgan fingerprint density at radius 2 is 1.66 bits per heavy atom. The second-order valence-electron chi connectivity index (χ2n) is 6.73. The number of hydrogen-bond acceptors (Lipinski definition) is 8. The molecule has 0 atom stereocenters. The fourth-order valence-corrected chi connectivity index (χ4v) is 3.13. The summed E-state index contributed by atoms with van der Waals surface area (Å²) in [6, 6.07) is 0. The van der Waals surface area contributed by atoms with Gasteiger partial charge in [-0.2, -0.15) is 0 Å². The molecule has 1 N–H and O–H groups in total. The van der Waals surface area contributed by atoms with Crippen LogP contribution in [-0.4, -0.2) is 49.4 Å². The minimum atomic E-state index is -2.07. The van der Waals surface area contributed by atoms with Gasteiger partial charge in [0.15, 0.2) is 0 Å². The zero-order chi connectivity index (χ0) is 21.9. The fourth-order valence-electron chi connectivity index (χ4n) is 3.13. The summed E-state index contributed by atoms with van der Waals surface area (Å²) in [5, 5.41) is 6.32. The van der Waals surface area contributed by atoms with Crippen LogP contribution in [0.15, 0.2) is 4.52 Å². The first-order valence-corrected chi connectivity index (χ1v) is 9.92. The normalized spacial score (nSPS) is 11.1. The molecule has 9 heteroatoms. The Labute approximate surface area is 171 Å². The molecule has 0 unspecified atom stereocenters. The molecule has 29 heavy (non-hydrogen) atoms. The third kappa shape index (κ3) is 6.47. The molecule has 1 rings (SSSR count). The summed E-state index contributed by atoms with van der Waals surface area (Å²) in [6.07, 6.45) is 5.62. The van der Waals surface area contributed by atoms with Crippen molar-refractivity contribution in [2.45, 2.75) is 71.3 Å². The topological polar surface area (TPSA) is 117 Å². The van der Waals surface area contributed by atoms with Gasteiger partial charge in [0.05, 0.1) is 32.8 Å². The first kappa shape index (κ1) is 24.5. The SMILES string of the molecule is CCCCCCCc1c(OCC)noc1CC(NC(C)=O)(C(=O)OC)C(=O)OC. The highest BCUT2D eigenvalue weighted by Crippen LogP contribution is 2.28. The standard InChI is InChI=1S/C20H32N2O7/c1-6-8-9-10-11-12-15-16(29-22-17(15)28-7-2)13-20(18(24)26-4,19(25)27-5)21-14(3)23/h6-13H2,1-5H3,(H,21,23). The van der Waals surface area contributed by atoms with Crippen LogP contribution < -0.4 is 10.1 Å². The predicted octanol–water partition coefficient (Wildman–Crippen LogP) is 2.35. The number of aromatic nitrogens is 1. The number of esters is 2. The van der Waals surface area contributed by atoms with E-state index < -0.39 is 23.4 Å². The molecule has 0 aromatic carbocycles. The number of nitrogens with zero attached hydrogens (tertiary/aromatic N) is 1. The fraction of sp³-hybridized carbons (Fsp3) is 0.700.